The molecule has 0 saturated carbocycles. The Balaban J connectivity index is 2.83. The number of hydrazine groups is 1. The summed E-state index contributed by atoms with van der Waals surface area (Å²) >= 11 is 5.66. The van der Waals surface area contributed by atoms with Gasteiger partial charge in [0.05, 0.1) is 5.02 Å². The van der Waals surface area contributed by atoms with E-state index in [2.05, 4.69) is 5.43 Å². The predicted molar refractivity (Wildman–Crippen MR) is 56.8 cm³/mol. The molecule has 0 radical (unpaired) electrons. The first-order valence-corrected chi connectivity index (χ1v) is 5.19. The van der Waals surface area contributed by atoms with Gasteiger partial charge in [0.1, 0.15) is 5.82 Å². The molecule has 96 valence electrons. The van der Waals surface area contributed by atoms with Crippen molar-refractivity contribution in [1.29, 1.82) is 0 Å². The van der Waals surface area contributed by atoms with Gasteiger partial charge in [-0.15, -0.1) is 0 Å². The molecule has 1 atom stereocenters. The molecular weight excluding hydrogens is 260 g/mol. The van der Waals surface area contributed by atoms with Crippen LogP contribution in [0.5, 0.6) is 0 Å². The second-order valence-electron chi connectivity index (χ2n) is 3.52. The van der Waals surface area contributed by atoms with Gasteiger partial charge >= 0.3 is 6.18 Å². The highest BCUT2D eigenvalue weighted by molar-refractivity contribution is 6.31. The summed E-state index contributed by atoms with van der Waals surface area (Å²) in [6.45, 7) is 0. The van der Waals surface area contributed by atoms with Crippen LogP contribution in [0, 0.1) is 5.82 Å². The standard InChI is InChI=1S/C10H11ClF4N2/c11-9-6(2-1-3-7(9)12)8(17-16)4-5-10(13,14)15/h1-3,8,17H,4-5,16H2. The summed E-state index contributed by atoms with van der Waals surface area (Å²) in [6, 6.07) is 3.10. The number of hydrogen-bond donors (Lipinski definition) is 2. The van der Waals surface area contributed by atoms with E-state index in [1.165, 1.54) is 12.1 Å². The summed E-state index contributed by atoms with van der Waals surface area (Å²) in [5.41, 5.74) is 2.43. The van der Waals surface area contributed by atoms with Crippen LogP contribution in [0.15, 0.2) is 18.2 Å². The van der Waals surface area contributed by atoms with Crippen LogP contribution >= 0.6 is 11.6 Å². The van der Waals surface area contributed by atoms with Crippen LogP contribution < -0.4 is 11.3 Å². The van der Waals surface area contributed by atoms with Crippen molar-refractivity contribution < 1.29 is 17.6 Å². The van der Waals surface area contributed by atoms with Gasteiger partial charge in [-0.3, -0.25) is 11.3 Å². The van der Waals surface area contributed by atoms with Crippen LogP contribution in [-0.2, 0) is 0 Å². The van der Waals surface area contributed by atoms with E-state index >= 15 is 0 Å². The Bertz CT molecular complexity index is 381. The molecule has 3 N–H and O–H groups in total. The minimum Gasteiger partial charge on any atom is -0.271 e. The third-order valence-electron chi connectivity index (χ3n) is 2.27. The van der Waals surface area contributed by atoms with Crippen molar-refractivity contribution in [3.8, 4) is 0 Å². The van der Waals surface area contributed by atoms with Gasteiger partial charge in [0.15, 0.2) is 0 Å². The summed E-state index contributed by atoms with van der Waals surface area (Å²) in [4.78, 5) is 0. The molecule has 1 unspecified atom stereocenters. The highest BCUT2D eigenvalue weighted by atomic mass is 35.5. The summed E-state index contributed by atoms with van der Waals surface area (Å²) in [5.74, 6) is 4.47. The molecule has 0 amide bonds. The van der Waals surface area contributed by atoms with Crippen molar-refractivity contribution in [2.24, 2.45) is 5.84 Å². The maximum Gasteiger partial charge on any atom is 0.389 e. The fraction of sp³-hybridized carbons (Fsp3) is 0.400. The number of hydrogen-bond acceptors (Lipinski definition) is 2. The molecule has 0 spiro atoms. The SMILES string of the molecule is NNC(CCC(F)(F)F)c1cccc(F)c1Cl. The molecule has 0 bridgehead atoms. The maximum atomic E-state index is 13.1. The van der Waals surface area contributed by atoms with Gasteiger partial charge in [-0.25, -0.2) is 4.39 Å². The molecule has 0 aliphatic heterocycles. The van der Waals surface area contributed by atoms with E-state index in [0.29, 0.717) is 0 Å². The van der Waals surface area contributed by atoms with E-state index in [1.807, 2.05) is 0 Å². The topological polar surface area (TPSA) is 38.0 Å². The molecule has 17 heavy (non-hydrogen) atoms. The lowest BCUT2D eigenvalue weighted by molar-refractivity contribution is -0.136. The highest BCUT2D eigenvalue weighted by Crippen LogP contribution is 2.31. The average Bonchev–Trinajstić information content (AvgIpc) is 2.23. The minimum absolute atomic E-state index is 0.211. The van der Waals surface area contributed by atoms with Crippen molar-refractivity contribution in [3.63, 3.8) is 0 Å². The van der Waals surface area contributed by atoms with Gasteiger partial charge in [0.25, 0.3) is 0 Å². The smallest absolute Gasteiger partial charge is 0.271 e. The lowest BCUT2D eigenvalue weighted by Crippen LogP contribution is -2.29. The Hall–Kier alpha value is -0.850. The van der Waals surface area contributed by atoms with Crippen LogP contribution in [0.1, 0.15) is 24.4 Å². The molecule has 1 rings (SSSR count). The zero-order chi connectivity index (χ0) is 13.1. The minimum atomic E-state index is -4.28. The molecule has 2 nitrogen and oxygen atoms in total. The van der Waals surface area contributed by atoms with E-state index in [1.54, 1.807) is 0 Å². The Kier molecular flexibility index (Phi) is 4.73. The van der Waals surface area contributed by atoms with Crippen LogP contribution in [-0.4, -0.2) is 6.18 Å². The molecule has 0 fully saturated rings. The van der Waals surface area contributed by atoms with E-state index in [9.17, 15) is 17.6 Å². The van der Waals surface area contributed by atoms with Crippen molar-refractivity contribution >= 4 is 11.6 Å². The molecule has 0 aliphatic rings. The fourth-order valence-electron chi connectivity index (χ4n) is 1.43. The van der Waals surface area contributed by atoms with E-state index in [-0.39, 0.29) is 17.0 Å². The number of nitrogens with one attached hydrogen (secondary N) is 1. The second kappa shape index (κ2) is 5.66. The van der Waals surface area contributed by atoms with E-state index in [0.717, 1.165) is 6.07 Å². The van der Waals surface area contributed by atoms with Gasteiger partial charge in [-0.2, -0.15) is 13.2 Å². The average molecular weight is 271 g/mol. The van der Waals surface area contributed by atoms with E-state index in [4.69, 9.17) is 17.4 Å². The van der Waals surface area contributed by atoms with Gasteiger partial charge in [-0.1, -0.05) is 23.7 Å². The van der Waals surface area contributed by atoms with Crippen molar-refractivity contribution in [2.45, 2.75) is 25.1 Å². The third kappa shape index (κ3) is 4.14. The van der Waals surface area contributed by atoms with Gasteiger partial charge in [0.2, 0.25) is 0 Å². The first-order valence-electron chi connectivity index (χ1n) is 4.82. The Morgan fingerprint density at radius 2 is 2.00 bits per heavy atom. The molecule has 1 aromatic rings. The molecular formula is C10H11ClF4N2. The predicted octanol–water partition coefficient (Wildman–Crippen LogP) is 3.33. The first-order chi connectivity index (χ1) is 7.85. The molecule has 1 aromatic carbocycles. The maximum absolute atomic E-state index is 13.1. The molecule has 0 heterocycles. The normalized spacial score (nSPS) is 13.8. The molecule has 7 heteroatoms. The lowest BCUT2D eigenvalue weighted by Gasteiger charge is -2.18. The van der Waals surface area contributed by atoms with Crippen LogP contribution in [0.3, 0.4) is 0 Å². The van der Waals surface area contributed by atoms with Crippen LogP contribution in [0.4, 0.5) is 17.6 Å². The van der Waals surface area contributed by atoms with Crippen molar-refractivity contribution in [3.05, 3.63) is 34.6 Å². The Labute approximate surface area is 101 Å². The third-order valence-corrected chi connectivity index (χ3v) is 2.67. The summed E-state index contributed by atoms with van der Waals surface area (Å²) in [5, 5.41) is -0.211. The summed E-state index contributed by atoms with van der Waals surface area (Å²) in [6.07, 6.45) is -5.60. The zero-order valence-corrected chi connectivity index (χ0v) is 9.45. The first kappa shape index (κ1) is 14.2. The monoisotopic (exact) mass is 270 g/mol. The van der Waals surface area contributed by atoms with E-state index < -0.39 is 24.5 Å². The number of alkyl halides is 3. The van der Waals surface area contributed by atoms with Crippen molar-refractivity contribution in [1.82, 2.24) is 5.43 Å². The number of halogens is 5. The molecule has 0 aromatic heterocycles. The zero-order valence-electron chi connectivity index (χ0n) is 8.69. The Morgan fingerprint density at radius 3 is 2.53 bits per heavy atom. The number of benzene rings is 1. The second-order valence-corrected chi connectivity index (χ2v) is 3.89. The largest absolute Gasteiger partial charge is 0.389 e. The quantitative estimate of drug-likeness (QED) is 0.500. The lowest BCUT2D eigenvalue weighted by atomic mass is 10.0. The van der Waals surface area contributed by atoms with Gasteiger partial charge in [-0.05, 0) is 18.1 Å². The molecule has 0 aliphatic carbocycles. The van der Waals surface area contributed by atoms with Crippen LogP contribution in [0.25, 0.3) is 0 Å². The number of nitrogens with two attached hydrogens (primary N) is 1. The summed E-state index contributed by atoms with van der Waals surface area (Å²) < 4.78 is 49.3. The van der Waals surface area contributed by atoms with Gasteiger partial charge < -0.3 is 0 Å². The molecule has 0 saturated heterocycles. The number of rotatable bonds is 4. The summed E-state index contributed by atoms with van der Waals surface area (Å²) in [7, 11) is 0. The Morgan fingerprint density at radius 1 is 1.35 bits per heavy atom. The van der Waals surface area contributed by atoms with Crippen molar-refractivity contribution in [2.75, 3.05) is 0 Å². The van der Waals surface area contributed by atoms with Gasteiger partial charge in [0, 0.05) is 12.5 Å². The van der Waals surface area contributed by atoms with Crippen LogP contribution in [0.2, 0.25) is 5.02 Å². The highest BCUT2D eigenvalue weighted by Gasteiger charge is 2.29. The fourth-order valence-corrected chi connectivity index (χ4v) is 1.68.